The normalized spacial score (nSPS) is 16.1. The van der Waals surface area contributed by atoms with Crippen molar-refractivity contribution in [2.45, 2.75) is 38.6 Å². The van der Waals surface area contributed by atoms with E-state index in [0.717, 1.165) is 18.4 Å². The summed E-state index contributed by atoms with van der Waals surface area (Å²) in [5.41, 5.74) is 0.569. The summed E-state index contributed by atoms with van der Waals surface area (Å²) in [5, 5.41) is 3.56. The highest BCUT2D eigenvalue weighted by molar-refractivity contribution is 7.25. The fourth-order valence-electron chi connectivity index (χ4n) is 4.08. The molecule has 0 saturated carbocycles. The number of amides is 1. The van der Waals surface area contributed by atoms with Gasteiger partial charge < -0.3 is 10.1 Å². The Morgan fingerprint density at radius 3 is 2.78 bits per heavy atom. The summed E-state index contributed by atoms with van der Waals surface area (Å²) in [4.78, 5) is 44.4. The minimum atomic E-state index is -0.503. The highest BCUT2D eigenvalue weighted by Gasteiger charge is 2.23. The molecule has 1 aromatic carbocycles. The summed E-state index contributed by atoms with van der Waals surface area (Å²) in [6.07, 6.45) is 3.18. The second-order valence-corrected chi connectivity index (χ2v) is 8.82. The van der Waals surface area contributed by atoms with E-state index in [1.54, 1.807) is 12.3 Å². The average molecular weight is 451 g/mol. The first kappa shape index (κ1) is 20.6. The molecule has 1 aliphatic heterocycles. The van der Waals surface area contributed by atoms with Crippen molar-refractivity contribution in [2.75, 3.05) is 6.61 Å². The molecule has 4 heterocycles. The third kappa shape index (κ3) is 3.85. The third-order valence-electron chi connectivity index (χ3n) is 5.66. The van der Waals surface area contributed by atoms with Gasteiger partial charge in [0.25, 0.3) is 5.56 Å². The highest BCUT2D eigenvalue weighted by atomic mass is 32.1. The summed E-state index contributed by atoms with van der Waals surface area (Å²) in [5.74, 6) is -0.303. The minimum absolute atomic E-state index is 0.175. The first-order valence-electron chi connectivity index (χ1n) is 10.5. The van der Waals surface area contributed by atoms with Crippen LogP contribution in [-0.4, -0.2) is 32.7 Å². The topological polar surface area (TPSA) is 95.2 Å². The van der Waals surface area contributed by atoms with Crippen LogP contribution in [0.2, 0.25) is 0 Å². The van der Waals surface area contributed by atoms with Crippen molar-refractivity contribution in [3.05, 3.63) is 75.1 Å². The lowest BCUT2D eigenvalue weighted by Crippen LogP contribution is -2.44. The molecule has 0 radical (unpaired) electrons. The predicted molar refractivity (Wildman–Crippen MR) is 123 cm³/mol. The maximum Gasteiger partial charge on any atom is 0.332 e. The summed E-state index contributed by atoms with van der Waals surface area (Å²) < 4.78 is 8.68. The zero-order valence-electron chi connectivity index (χ0n) is 17.3. The average Bonchev–Trinajstić information content (AvgIpc) is 3.47. The van der Waals surface area contributed by atoms with Crippen LogP contribution in [0, 0.1) is 0 Å². The zero-order valence-corrected chi connectivity index (χ0v) is 18.1. The summed E-state index contributed by atoms with van der Waals surface area (Å²) >= 11 is 1.24. The summed E-state index contributed by atoms with van der Waals surface area (Å²) in [7, 11) is 0. The lowest BCUT2D eigenvalue weighted by Gasteiger charge is -2.15. The molecule has 5 rings (SSSR count). The molecular formula is C23H22N4O4S. The Kier molecular flexibility index (Phi) is 5.59. The summed E-state index contributed by atoms with van der Waals surface area (Å²) in [6, 6.07) is 13.1. The molecule has 1 saturated heterocycles. The molecule has 3 aromatic heterocycles. The van der Waals surface area contributed by atoms with Gasteiger partial charge in [0.15, 0.2) is 0 Å². The molecule has 1 aliphatic rings. The number of aromatic nitrogens is 3. The fourth-order valence-corrected chi connectivity index (χ4v) is 5.17. The van der Waals surface area contributed by atoms with E-state index in [9.17, 15) is 14.4 Å². The van der Waals surface area contributed by atoms with Gasteiger partial charge in [-0.15, -0.1) is 11.3 Å². The van der Waals surface area contributed by atoms with Crippen LogP contribution in [0.15, 0.2) is 58.3 Å². The largest absolute Gasteiger partial charge is 0.376 e. The molecule has 9 heteroatoms. The smallest absolute Gasteiger partial charge is 0.332 e. The number of carbonyl (C=O) groups is 1. The molecule has 0 unspecified atom stereocenters. The molecule has 4 aromatic rings. The molecule has 8 nitrogen and oxygen atoms in total. The van der Waals surface area contributed by atoms with Crippen LogP contribution in [0.25, 0.3) is 20.4 Å². The van der Waals surface area contributed by atoms with E-state index in [-0.39, 0.29) is 30.7 Å². The summed E-state index contributed by atoms with van der Waals surface area (Å²) in [6.45, 7) is 0.985. The molecular weight excluding hydrogens is 428 g/mol. The van der Waals surface area contributed by atoms with Gasteiger partial charge in [0, 0.05) is 24.7 Å². The Balaban J connectivity index is 1.56. The lowest BCUT2D eigenvalue weighted by atomic mass is 10.2. The molecule has 1 fully saturated rings. The molecule has 1 amide bonds. The number of pyridine rings is 1. The monoisotopic (exact) mass is 450 g/mol. The Bertz CT molecular complexity index is 1400. The van der Waals surface area contributed by atoms with Crippen LogP contribution in [0.4, 0.5) is 0 Å². The Morgan fingerprint density at radius 1 is 1.16 bits per heavy atom. The Hall–Kier alpha value is -3.30. The lowest BCUT2D eigenvalue weighted by molar-refractivity contribution is -0.121. The Morgan fingerprint density at radius 2 is 2.00 bits per heavy atom. The van der Waals surface area contributed by atoms with E-state index in [2.05, 4.69) is 10.3 Å². The number of benzene rings is 1. The van der Waals surface area contributed by atoms with E-state index >= 15 is 0 Å². The van der Waals surface area contributed by atoms with E-state index < -0.39 is 5.69 Å². The molecule has 0 bridgehead atoms. The van der Waals surface area contributed by atoms with Gasteiger partial charge >= 0.3 is 5.69 Å². The fraction of sp³-hybridized carbons (Fsp3) is 0.304. The van der Waals surface area contributed by atoms with Gasteiger partial charge in [-0.25, -0.2) is 9.78 Å². The molecule has 1 N–H and O–H groups in total. The van der Waals surface area contributed by atoms with E-state index in [1.807, 2.05) is 36.4 Å². The van der Waals surface area contributed by atoms with Crippen LogP contribution in [0.5, 0.6) is 0 Å². The highest BCUT2D eigenvalue weighted by Crippen LogP contribution is 2.29. The van der Waals surface area contributed by atoms with Gasteiger partial charge in [-0.2, -0.15) is 0 Å². The van der Waals surface area contributed by atoms with E-state index in [1.165, 1.54) is 20.5 Å². The van der Waals surface area contributed by atoms with Gasteiger partial charge in [0.1, 0.15) is 16.1 Å². The van der Waals surface area contributed by atoms with E-state index in [4.69, 9.17) is 4.74 Å². The number of nitrogens with one attached hydrogen (secondary N) is 1. The molecule has 164 valence electrons. The molecule has 32 heavy (non-hydrogen) atoms. The quantitative estimate of drug-likeness (QED) is 0.486. The second kappa shape index (κ2) is 8.68. The number of thiophene rings is 1. The van der Waals surface area contributed by atoms with Crippen LogP contribution < -0.4 is 16.6 Å². The molecule has 0 aliphatic carbocycles. The maximum absolute atomic E-state index is 13.4. The Labute approximate surface area is 187 Å². The van der Waals surface area contributed by atoms with E-state index in [0.29, 0.717) is 33.6 Å². The van der Waals surface area contributed by atoms with Crippen molar-refractivity contribution in [1.82, 2.24) is 19.4 Å². The van der Waals surface area contributed by atoms with Crippen molar-refractivity contribution in [3.8, 4) is 0 Å². The number of fused-ring (bicyclic) bond motifs is 3. The number of nitrogens with zero attached hydrogens (tertiary/aromatic N) is 3. The SMILES string of the molecule is O=C(Cn1c(=O)n(C[C@@H]2CCCO2)c(=O)c2sc3ncccc3c21)NCc1ccccc1. The molecule has 0 spiro atoms. The van der Waals surface area contributed by atoms with Gasteiger partial charge in [0.05, 0.1) is 18.2 Å². The van der Waals surface area contributed by atoms with Crippen LogP contribution in [0.3, 0.4) is 0 Å². The minimum Gasteiger partial charge on any atom is -0.376 e. The van der Waals surface area contributed by atoms with Crippen LogP contribution in [0.1, 0.15) is 18.4 Å². The van der Waals surface area contributed by atoms with Gasteiger partial charge in [-0.3, -0.25) is 18.7 Å². The van der Waals surface area contributed by atoms with Crippen LogP contribution in [-0.2, 0) is 29.2 Å². The second-order valence-electron chi connectivity index (χ2n) is 7.82. The zero-order chi connectivity index (χ0) is 22.1. The van der Waals surface area contributed by atoms with Crippen LogP contribution >= 0.6 is 11.3 Å². The number of carbonyl (C=O) groups excluding carboxylic acids is 1. The molecule has 1 atom stereocenters. The predicted octanol–water partition coefficient (Wildman–Crippen LogP) is 2.27. The van der Waals surface area contributed by atoms with Crippen molar-refractivity contribution in [2.24, 2.45) is 0 Å². The first-order valence-corrected chi connectivity index (χ1v) is 11.4. The van der Waals surface area contributed by atoms with Crippen molar-refractivity contribution in [1.29, 1.82) is 0 Å². The standard InChI is InChI=1S/C23H22N4O4S/c28-18(25-12-15-6-2-1-3-7-15)14-26-19-17-9-4-10-24-21(17)32-20(19)22(29)27(23(26)30)13-16-8-5-11-31-16/h1-4,6-7,9-10,16H,5,8,11-14H2,(H,25,28)/t16-/m0/s1. The number of ether oxygens (including phenoxy) is 1. The third-order valence-corrected chi connectivity index (χ3v) is 6.75. The number of hydrogen-bond acceptors (Lipinski definition) is 6. The first-order chi connectivity index (χ1) is 15.6. The maximum atomic E-state index is 13.4. The van der Waals surface area contributed by atoms with Crippen molar-refractivity contribution >= 4 is 37.7 Å². The van der Waals surface area contributed by atoms with Crippen molar-refractivity contribution < 1.29 is 9.53 Å². The number of hydrogen-bond donors (Lipinski definition) is 1. The van der Waals surface area contributed by atoms with Gasteiger partial charge in [-0.05, 0) is 30.5 Å². The van der Waals surface area contributed by atoms with Gasteiger partial charge in [-0.1, -0.05) is 30.3 Å². The van der Waals surface area contributed by atoms with Gasteiger partial charge in [0.2, 0.25) is 5.91 Å². The van der Waals surface area contributed by atoms with Crippen molar-refractivity contribution in [3.63, 3.8) is 0 Å². The number of rotatable bonds is 6.